The minimum atomic E-state index is -1.15. The Kier molecular flexibility index (Phi) is 7.86. The van der Waals surface area contributed by atoms with E-state index in [-0.39, 0.29) is 5.91 Å². The maximum atomic E-state index is 12.0. The summed E-state index contributed by atoms with van der Waals surface area (Å²) < 4.78 is 0. The molecule has 0 radical (unpaired) electrons. The van der Waals surface area contributed by atoms with E-state index >= 15 is 0 Å². The lowest BCUT2D eigenvalue weighted by Crippen LogP contribution is -2.44. The molecule has 0 saturated carbocycles. The lowest BCUT2D eigenvalue weighted by Gasteiger charge is -2.35. The molecule has 1 atom stereocenters. The van der Waals surface area contributed by atoms with Gasteiger partial charge in [-0.1, -0.05) is 43.0 Å². The second-order valence-corrected chi connectivity index (χ2v) is 10.7. The highest BCUT2D eigenvalue weighted by Gasteiger charge is 2.33. The summed E-state index contributed by atoms with van der Waals surface area (Å²) in [6.45, 7) is 9.73. The maximum Gasteiger partial charge on any atom is 0.247 e. The number of aryl methyl sites for hydroxylation is 1. The van der Waals surface area contributed by atoms with Gasteiger partial charge in [0.05, 0.1) is 11.9 Å². The summed E-state index contributed by atoms with van der Waals surface area (Å²) >= 11 is 0. The summed E-state index contributed by atoms with van der Waals surface area (Å²) in [4.78, 5) is 32.6. The number of amides is 1. The number of aromatic nitrogens is 2. The molecule has 1 saturated heterocycles. The molecule has 4 aromatic rings. The first kappa shape index (κ1) is 28.1. The van der Waals surface area contributed by atoms with E-state index in [1.54, 1.807) is 29.3 Å². The fourth-order valence-electron chi connectivity index (χ4n) is 5.39. The Labute approximate surface area is 251 Å². The quantitative estimate of drug-likeness (QED) is 0.265. The van der Waals surface area contributed by atoms with Gasteiger partial charge in [-0.3, -0.25) is 9.69 Å². The molecular weight excluding hydrogens is 540 g/mol. The zero-order chi connectivity index (χ0) is 29.9. The Morgan fingerprint density at radius 1 is 1.00 bits per heavy atom. The minimum absolute atomic E-state index is 0.328. The van der Waals surface area contributed by atoms with Crippen molar-refractivity contribution in [1.82, 2.24) is 14.9 Å². The summed E-state index contributed by atoms with van der Waals surface area (Å²) in [5.41, 5.74) is 6.19. The molecule has 1 amide bonds. The van der Waals surface area contributed by atoms with Crippen LogP contribution in [0.25, 0.3) is 0 Å². The number of hydrogen-bond acceptors (Lipinski definition) is 9. The number of rotatable bonds is 7. The fourth-order valence-corrected chi connectivity index (χ4v) is 5.39. The SMILES string of the molecule is C=CC(=O)Nc1cccc(N2c3nc(Nc4ccc(N5CCN(C)CC5)c(C)c4)ncc3N=C(c3ccccc3)C2O)c1. The molecule has 1 fully saturated rings. The van der Waals surface area contributed by atoms with Crippen LogP contribution in [0.4, 0.5) is 40.2 Å². The summed E-state index contributed by atoms with van der Waals surface area (Å²) in [5.74, 6) is 0.478. The molecule has 43 heavy (non-hydrogen) atoms. The summed E-state index contributed by atoms with van der Waals surface area (Å²) in [7, 11) is 2.15. The molecule has 6 rings (SSSR count). The molecule has 0 spiro atoms. The van der Waals surface area contributed by atoms with Crippen molar-refractivity contribution in [3.63, 3.8) is 0 Å². The van der Waals surface area contributed by atoms with Crippen LogP contribution in [0.15, 0.2) is 96.6 Å². The van der Waals surface area contributed by atoms with Gasteiger partial charge in [0.25, 0.3) is 0 Å². The molecule has 0 aliphatic carbocycles. The normalized spacial score (nSPS) is 16.7. The molecule has 3 aromatic carbocycles. The van der Waals surface area contributed by atoms with Crippen LogP contribution >= 0.6 is 0 Å². The summed E-state index contributed by atoms with van der Waals surface area (Å²) in [6.07, 6.45) is 1.72. The number of anilines is 6. The fraction of sp³-hybridized carbons (Fsp3) is 0.212. The highest BCUT2D eigenvalue weighted by atomic mass is 16.3. The van der Waals surface area contributed by atoms with Crippen LogP contribution in [0.2, 0.25) is 0 Å². The van der Waals surface area contributed by atoms with E-state index in [2.05, 4.69) is 58.1 Å². The number of hydrogen-bond donors (Lipinski definition) is 3. The van der Waals surface area contributed by atoms with E-state index in [0.717, 1.165) is 37.4 Å². The average molecular weight is 575 g/mol. The number of nitrogens with one attached hydrogen (secondary N) is 2. The van der Waals surface area contributed by atoms with E-state index in [1.165, 1.54) is 17.3 Å². The molecule has 3 heterocycles. The second-order valence-electron chi connectivity index (χ2n) is 10.7. The molecule has 10 heteroatoms. The van der Waals surface area contributed by atoms with Crippen molar-refractivity contribution < 1.29 is 9.90 Å². The smallest absolute Gasteiger partial charge is 0.247 e. The molecule has 218 valence electrons. The summed E-state index contributed by atoms with van der Waals surface area (Å²) in [6, 6.07) is 23.0. The van der Waals surface area contributed by atoms with Crippen LogP contribution < -0.4 is 20.4 Å². The number of carbonyl (C=O) groups is 1. The van der Waals surface area contributed by atoms with E-state index in [1.807, 2.05) is 42.5 Å². The Bertz CT molecular complexity index is 1680. The number of benzene rings is 3. The Balaban J connectivity index is 1.35. The highest BCUT2D eigenvalue weighted by Crippen LogP contribution is 2.40. The van der Waals surface area contributed by atoms with E-state index in [0.29, 0.717) is 34.5 Å². The third kappa shape index (κ3) is 5.97. The molecule has 0 bridgehead atoms. The molecular formula is C33H34N8O2. The predicted octanol–water partition coefficient (Wildman–Crippen LogP) is 5.00. The van der Waals surface area contributed by atoms with Crippen molar-refractivity contribution >= 4 is 51.8 Å². The van der Waals surface area contributed by atoms with Gasteiger partial charge in [0.2, 0.25) is 11.9 Å². The van der Waals surface area contributed by atoms with Crippen molar-refractivity contribution in [3.05, 3.63) is 103 Å². The lowest BCUT2D eigenvalue weighted by atomic mass is 10.1. The van der Waals surface area contributed by atoms with Gasteiger partial charge in [-0.05, 0) is 62.0 Å². The third-order valence-corrected chi connectivity index (χ3v) is 7.65. The number of carbonyl (C=O) groups excluding carboxylic acids is 1. The Morgan fingerprint density at radius 3 is 2.53 bits per heavy atom. The minimum Gasteiger partial charge on any atom is -0.369 e. The second kappa shape index (κ2) is 12.0. The standard InChI is InChI=1S/C33H34N8O2/c1-4-29(42)35-24-11-8-12-26(20-24)41-31-27(37-30(32(41)43)23-9-6-5-7-10-23)21-34-33(38-31)36-25-13-14-28(22(2)19-25)40-17-15-39(3)16-18-40/h4-14,19-21,32,43H,1,15-18H2,2-3H3,(H,35,42)(H,34,36,38). The predicted molar refractivity (Wildman–Crippen MR) is 172 cm³/mol. The number of nitrogens with zero attached hydrogens (tertiary/aromatic N) is 6. The van der Waals surface area contributed by atoms with Crippen molar-refractivity contribution in [2.75, 3.05) is 53.7 Å². The average Bonchev–Trinajstić information content (AvgIpc) is 3.02. The number of aliphatic imine (C=N–C) groups is 1. The van der Waals surface area contributed by atoms with Gasteiger partial charge in [0.1, 0.15) is 5.69 Å². The summed E-state index contributed by atoms with van der Waals surface area (Å²) in [5, 5.41) is 17.8. The van der Waals surface area contributed by atoms with Gasteiger partial charge in [-0.25, -0.2) is 9.98 Å². The lowest BCUT2D eigenvalue weighted by molar-refractivity contribution is -0.111. The molecule has 1 unspecified atom stereocenters. The first-order valence-corrected chi connectivity index (χ1v) is 14.2. The molecule has 2 aliphatic rings. The number of aliphatic hydroxyl groups is 1. The van der Waals surface area contributed by atoms with Gasteiger partial charge < -0.3 is 25.5 Å². The molecule has 10 nitrogen and oxygen atoms in total. The molecule has 3 N–H and O–H groups in total. The largest absolute Gasteiger partial charge is 0.369 e. The topological polar surface area (TPSA) is 109 Å². The number of likely N-dealkylation sites (N-methyl/N-ethyl adjacent to an activating group) is 1. The van der Waals surface area contributed by atoms with Crippen LogP contribution in [0.1, 0.15) is 11.1 Å². The van der Waals surface area contributed by atoms with Crippen LogP contribution in [0.3, 0.4) is 0 Å². The van der Waals surface area contributed by atoms with Crippen molar-refractivity contribution in [2.45, 2.75) is 13.2 Å². The van der Waals surface area contributed by atoms with Gasteiger partial charge in [-0.15, -0.1) is 0 Å². The van der Waals surface area contributed by atoms with Gasteiger partial charge in [0, 0.05) is 54.5 Å². The van der Waals surface area contributed by atoms with E-state index in [9.17, 15) is 9.90 Å². The van der Waals surface area contributed by atoms with E-state index in [4.69, 9.17) is 9.98 Å². The third-order valence-electron chi connectivity index (χ3n) is 7.65. The number of aliphatic hydroxyl groups excluding tert-OH is 1. The first-order chi connectivity index (χ1) is 20.9. The van der Waals surface area contributed by atoms with Crippen molar-refractivity contribution in [3.8, 4) is 0 Å². The monoisotopic (exact) mass is 574 g/mol. The van der Waals surface area contributed by atoms with Gasteiger partial charge in [-0.2, -0.15) is 4.98 Å². The Morgan fingerprint density at radius 2 is 1.79 bits per heavy atom. The van der Waals surface area contributed by atoms with Crippen molar-refractivity contribution in [2.24, 2.45) is 4.99 Å². The van der Waals surface area contributed by atoms with Crippen LogP contribution in [0, 0.1) is 6.92 Å². The first-order valence-electron chi connectivity index (χ1n) is 14.2. The Hall–Kier alpha value is -5.06. The number of fused-ring (bicyclic) bond motifs is 1. The van der Waals surface area contributed by atoms with Crippen LogP contribution in [-0.4, -0.2) is 71.0 Å². The molecule has 2 aliphatic heterocycles. The van der Waals surface area contributed by atoms with E-state index < -0.39 is 6.23 Å². The molecule has 1 aromatic heterocycles. The van der Waals surface area contributed by atoms with Crippen molar-refractivity contribution in [1.29, 1.82) is 0 Å². The van der Waals surface area contributed by atoms with Crippen LogP contribution in [-0.2, 0) is 4.79 Å². The zero-order valence-corrected chi connectivity index (χ0v) is 24.2. The van der Waals surface area contributed by atoms with Gasteiger partial charge >= 0.3 is 0 Å². The van der Waals surface area contributed by atoms with Crippen LogP contribution in [0.5, 0.6) is 0 Å². The zero-order valence-electron chi connectivity index (χ0n) is 24.2. The van der Waals surface area contributed by atoms with Gasteiger partial charge in [0.15, 0.2) is 12.0 Å². The number of piperazine rings is 1. The maximum absolute atomic E-state index is 12.0. The highest BCUT2D eigenvalue weighted by molar-refractivity contribution is 6.10.